The van der Waals surface area contributed by atoms with Gasteiger partial charge in [-0.15, -0.1) is 0 Å². The molecule has 0 saturated heterocycles. The fraction of sp³-hybridized carbons (Fsp3) is 0.282. The molecule has 0 radical (unpaired) electrons. The summed E-state index contributed by atoms with van der Waals surface area (Å²) in [7, 11) is 1.40. The highest BCUT2D eigenvalue weighted by molar-refractivity contribution is 5.84. The van der Waals surface area contributed by atoms with E-state index < -0.39 is 65.2 Å². The molecule has 0 aliphatic carbocycles. The highest BCUT2D eigenvalue weighted by Gasteiger charge is 2.65. The average Bonchev–Trinajstić information content (AvgIpc) is 3.11. The van der Waals surface area contributed by atoms with Crippen molar-refractivity contribution in [1.82, 2.24) is 0 Å². The van der Waals surface area contributed by atoms with Gasteiger partial charge in [0, 0.05) is 31.8 Å². The van der Waals surface area contributed by atoms with E-state index in [1.807, 2.05) is 0 Å². The van der Waals surface area contributed by atoms with E-state index in [1.165, 1.54) is 72.8 Å². The summed E-state index contributed by atoms with van der Waals surface area (Å²) in [5, 5.41) is 9.70. The summed E-state index contributed by atoms with van der Waals surface area (Å²) in [5.41, 5.74) is -7.17. The Balaban J connectivity index is 1.77. The second-order valence-electron chi connectivity index (χ2n) is 11.7. The van der Waals surface area contributed by atoms with Crippen molar-refractivity contribution in [3.8, 4) is 5.75 Å². The number of benzene rings is 4. The van der Waals surface area contributed by atoms with Crippen LogP contribution in [-0.2, 0) is 46.2 Å². The fourth-order valence-electron chi connectivity index (χ4n) is 5.65. The first-order chi connectivity index (χ1) is 24.7. The Bertz CT molecular complexity index is 1760. The van der Waals surface area contributed by atoms with Gasteiger partial charge in [0.2, 0.25) is 0 Å². The molecule has 0 aliphatic heterocycles. The molecule has 0 heterocycles. The first-order valence-corrected chi connectivity index (χ1v) is 16.0. The first kappa shape index (κ1) is 39.6. The quantitative estimate of drug-likeness (QED) is 0.0970. The number of alkyl halides is 6. The Morgan fingerprint density at radius 1 is 0.654 bits per heavy atom. The number of methoxy groups -OCH3 is 2. The zero-order valence-corrected chi connectivity index (χ0v) is 28.1. The maximum absolute atomic E-state index is 14.8. The fourth-order valence-corrected chi connectivity index (χ4v) is 5.65. The molecule has 13 heteroatoms. The topological polar surface area (TPSA) is 91.3 Å². The zero-order chi connectivity index (χ0) is 38.0. The molecule has 4 aromatic rings. The van der Waals surface area contributed by atoms with Crippen LogP contribution >= 0.6 is 0 Å². The predicted octanol–water partition coefficient (Wildman–Crippen LogP) is 8.46. The molecule has 52 heavy (non-hydrogen) atoms. The highest BCUT2D eigenvalue weighted by atomic mass is 19.4. The normalized spacial score (nSPS) is 15.6. The molecule has 7 nitrogen and oxygen atoms in total. The van der Waals surface area contributed by atoms with Crippen molar-refractivity contribution in [2.45, 2.75) is 55.0 Å². The van der Waals surface area contributed by atoms with Crippen molar-refractivity contribution in [1.29, 1.82) is 0 Å². The summed E-state index contributed by atoms with van der Waals surface area (Å²) in [6.45, 7) is 0. The number of rotatable bonds is 15. The van der Waals surface area contributed by atoms with Gasteiger partial charge in [0.05, 0.1) is 0 Å². The minimum atomic E-state index is -5.32. The third-order valence-corrected chi connectivity index (χ3v) is 8.37. The highest BCUT2D eigenvalue weighted by Crippen LogP contribution is 2.45. The van der Waals surface area contributed by atoms with Gasteiger partial charge in [0.1, 0.15) is 18.0 Å². The van der Waals surface area contributed by atoms with Crippen LogP contribution < -0.4 is 0 Å². The lowest BCUT2D eigenvalue weighted by molar-refractivity contribution is -0.279. The van der Waals surface area contributed by atoms with Gasteiger partial charge in [0.15, 0.2) is 0 Å². The molecule has 4 aromatic carbocycles. The molecular formula is C39H36F6O7. The standard InChI is InChI=1S/C39H36F6O7/c1-49-36(38(40,41)42,29-14-8-4-9-15-29)34(47)51-32(24-20-27-12-6-3-7-13-27)26-33(25-21-28-18-22-31(46)23-19-28)52-35(48)37(50-2,39(43,44)45)30-16-10-5-11-17-30/h3-20,22-24,32-33,46H,21,25-26H2,1-2H3/b24-20+/t32-,33+,36-,37-/m1/s1. The van der Waals surface area contributed by atoms with E-state index in [9.17, 15) is 41.0 Å². The molecule has 0 spiro atoms. The Morgan fingerprint density at radius 2 is 1.10 bits per heavy atom. The Hall–Kier alpha value is -5.14. The maximum Gasteiger partial charge on any atom is 0.432 e. The lowest BCUT2D eigenvalue weighted by Gasteiger charge is -2.35. The van der Waals surface area contributed by atoms with E-state index >= 15 is 0 Å². The van der Waals surface area contributed by atoms with Crippen molar-refractivity contribution in [3.63, 3.8) is 0 Å². The van der Waals surface area contributed by atoms with Crippen LogP contribution in [0, 0.1) is 0 Å². The van der Waals surface area contributed by atoms with Crippen LogP contribution in [0.4, 0.5) is 26.3 Å². The number of esters is 2. The van der Waals surface area contributed by atoms with Crippen LogP contribution in [-0.4, -0.2) is 55.8 Å². The van der Waals surface area contributed by atoms with Crippen LogP contribution in [0.3, 0.4) is 0 Å². The van der Waals surface area contributed by atoms with Crippen molar-refractivity contribution < 1.29 is 60.0 Å². The van der Waals surface area contributed by atoms with E-state index in [-0.39, 0.29) is 18.6 Å². The number of phenols is 1. The second kappa shape index (κ2) is 16.9. The lowest BCUT2D eigenvalue weighted by atomic mass is 9.92. The smallest absolute Gasteiger partial charge is 0.432 e. The zero-order valence-electron chi connectivity index (χ0n) is 28.1. The lowest BCUT2D eigenvalue weighted by Crippen LogP contribution is -2.53. The Morgan fingerprint density at radius 3 is 1.54 bits per heavy atom. The molecule has 0 bridgehead atoms. The van der Waals surface area contributed by atoms with E-state index in [4.69, 9.17) is 18.9 Å². The molecule has 0 aromatic heterocycles. The number of aromatic hydroxyl groups is 1. The monoisotopic (exact) mass is 730 g/mol. The number of ether oxygens (including phenoxy) is 4. The van der Waals surface area contributed by atoms with Gasteiger partial charge in [-0.05, 0) is 42.2 Å². The molecule has 0 amide bonds. The van der Waals surface area contributed by atoms with Gasteiger partial charge in [-0.2, -0.15) is 26.3 Å². The summed E-state index contributed by atoms with van der Waals surface area (Å²) in [6.07, 6.45) is -11.7. The van der Waals surface area contributed by atoms with Crippen LogP contribution in [0.25, 0.3) is 6.08 Å². The molecule has 1 N–H and O–H groups in total. The summed E-state index contributed by atoms with van der Waals surface area (Å²) in [4.78, 5) is 27.4. The summed E-state index contributed by atoms with van der Waals surface area (Å²) in [5.74, 6) is -3.74. The SMILES string of the molecule is CO[C@@](C(=O)O[C@@H](CCc1ccc(O)cc1)C[C@@H](/C=C/c1ccccc1)OC(=O)[C@](OC)(c1ccccc1)C(F)(F)F)(c1ccccc1)C(F)(F)F. The molecular weight excluding hydrogens is 694 g/mol. The van der Waals surface area contributed by atoms with E-state index in [0.29, 0.717) is 25.3 Å². The van der Waals surface area contributed by atoms with Gasteiger partial charge in [-0.25, -0.2) is 9.59 Å². The Kier molecular flexibility index (Phi) is 12.9. The molecule has 4 atom stereocenters. The number of hydrogen-bond acceptors (Lipinski definition) is 7. The number of halogens is 6. The Labute approximate surface area is 296 Å². The number of carbonyl (C=O) groups is 2. The van der Waals surface area contributed by atoms with Gasteiger partial charge in [-0.3, -0.25) is 0 Å². The predicted molar refractivity (Wildman–Crippen MR) is 179 cm³/mol. The van der Waals surface area contributed by atoms with Crippen molar-refractivity contribution in [2.24, 2.45) is 0 Å². The number of hydrogen-bond donors (Lipinski definition) is 1. The number of phenolic OH excluding ortho intramolecular Hbond substituents is 1. The van der Waals surface area contributed by atoms with Crippen molar-refractivity contribution in [2.75, 3.05) is 14.2 Å². The van der Waals surface area contributed by atoms with E-state index in [1.54, 1.807) is 30.3 Å². The summed E-state index contributed by atoms with van der Waals surface area (Å²) >= 11 is 0. The van der Waals surface area contributed by atoms with Gasteiger partial charge in [-0.1, -0.05) is 109 Å². The molecule has 4 rings (SSSR count). The van der Waals surface area contributed by atoms with Crippen molar-refractivity contribution >= 4 is 18.0 Å². The van der Waals surface area contributed by atoms with Crippen LogP contribution in [0.5, 0.6) is 5.75 Å². The average molecular weight is 731 g/mol. The molecule has 0 aliphatic rings. The number of carbonyl (C=O) groups excluding carboxylic acids is 2. The molecule has 0 fully saturated rings. The van der Waals surface area contributed by atoms with Gasteiger partial charge < -0.3 is 24.1 Å². The first-order valence-electron chi connectivity index (χ1n) is 16.0. The van der Waals surface area contributed by atoms with Gasteiger partial charge >= 0.3 is 24.3 Å². The number of aryl methyl sites for hydroxylation is 1. The van der Waals surface area contributed by atoms with Crippen LogP contribution in [0.1, 0.15) is 35.1 Å². The third kappa shape index (κ3) is 8.83. The minimum Gasteiger partial charge on any atom is -0.508 e. The van der Waals surface area contributed by atoms with E-state index in [2.05, 4.69) is 0 Å². The molecule has 276 valence electrons. The third-order valence-electron chi connectivity index (χ3n) is 8.37. The van der Waals surface area contributed by atoms with E-state index in [0.717, 1.165) is 24.3 Å². The van der Waals surface area contributed by atoms with Gasteiger partial charge in [0.25, 0.3) is 11.2 Å². The maximum atomic E-state index is 14.8. The van der Waals surface area contributed by atoms with Crippen LogP contribution in [0.2, 0.25) is 0 Å². The van der Waals surface area contributed by atoms with Crippen molar-refractivity contribution in [3.05, 3.63) is 144 Å². The minimum absolute atomic E-state index is 0.0487. The second-order valence-corrected chi connectivity index (χ2v) is 11.7. The summed E-state index contributed by atoms with van der Waals surface area (Å²) in [6, 6.07) is 26.4. The largest absolute Gasteiger partial charge is 0.508 e. The summed E-state index contributed by atoms with van der Waals surface area (Å²) < 4.78 is 109. The molecule has 0 saturated carbocycles. The van der Waals surface area contributed by atoms with Crippen LogP contribution in [0.15, 0.2) is 121 Å². The molecule has 0 unspecified atom stereocenters.